The van der Waals surface area contributed by atoms with Gasteiger partial charge in [0, 0.05) is 18.7 Å². The number of ether oxygens (including phenoxy) is 1. The van der Waals surface area contributed by atoms with Gasteiger partial charge in [-0.15, -0.1) is 0 Å². The van der Waals surface area contributed by atoms with Crippen molar-refractivity contribution < 1.29 is 28.2 Å². The van der Waals surface area contributed by atoms with Crippen LogP contribution in [-0.2, 0) is 23.0 Å². The number of thioether (sulfide) groups is 1. The van der Waals surface area contributed by atoms with Crippen LogP contribution in [0.2, 0.25) is 0 Å². The van der Waals surface area contributed by atoms with Gasteiger partial charge in [-0.3, -0.25) is 4.79 Å². The molecule has 4 aliphatic carbocycles. The molecule has 1 N–H and O–H groups in total. The third-order valence-corrected chi connectivity index (χ3v) is 12.3. The molecule has 0 radical (unpaired) electrons. The minimum absolute atomic E-state index is 0.0167. The Kier molecular flexibility index (Phi) is 6.97. The molecule has 44 heavy (non-hydrogen) atoms. The first kappa shape index (κ1) is 29.5. The lowest BCUT2D eigenvalue weighted by Gasteiger charge is -2.60. The third-order valence-electron chi connectivity index (χ3n) is 11.6. The van der Waals surface area contributed by atoms with E-state index in [1.54, 1.807) is 42.1 Å². The maximum Gasteiger partial charge on any atom is 0.355 e. The van der Waals surface area contributed by atoms with Crippen LogP contribution in [0.4, 0.5) is 8.78 Å². The lowest BCUT2D eigenvalue weighted by molar-refractivity contribution is -0.174. The van der Waals surface area contributed by atoms with Crippen molar-refractivity contribution in [2.45, 2.75) is 64.1 Å². The molecule has 0 spiro atoms. The summed E-state index contributed by atoms with van der Waals surface area (Å²) in [5.74, 6) is -0.858. The molecule has 0 amide bonds. The molecule has 2 aromatic heterocycles. The first-order valence-corrected chi connectivity index (χ1v) is 16.3. The van der Waals surface area contributed by atoms with Crippen LogP contribution in [0.25, 0.3) is 11.8 Å². The number of carbonyl (C=O) groups excluding carboxylic acids is 2. The van der Waals surface area contributed by atoms with Gasteiger partial charge in [0.2, 0.25) is 5.12 Å². The van der Waals surface area contributed by atoms with Gasteiger partial charge in [-0.05, 0) is 121 Å². The molecule has 3 fully saturated rings. The molecule has 0 unspecified atom stereocenters. The monoisotopic (exact) mass is 621 g/mol. The molecule has 1 aromatic carbocycles. The van der Waals surface area contributed by atoms with Crippen molar-refractivity contribution in [3.8, 4) is 5.69 Å². The van der Waals surface area contributed by atoms with E-state index >= 15 is 0 Å². The summed E-state index contributed by atoms with van der Waals surface area (Å²) in [6, 6.07) is 8.78. The maximum absolute atomic E-state index is 13.8. The number of aliphatic hydroxyl groups is 1. The van der Waals surface area contributed by atoms with E-state index < -0.39 is 34.2 Å². The SMILES string of the molecule is Cn1cccc1C(=O)O[C@]1(C(=O)SCF)CC[C@H]2[C@@H]3CCC4=Cc5c(cnn5-c5ccc(F)cc5)C[C@]4(C)[C@H]3[C@@H](O)C[C@@]21C. The number of hydrogen-bond donors (Lipinski definition) is 1. The Morgan fingerprint density at radius 1 is 1.18 bits per heavy atom. The smallest absolute Gasteiger partial charge is 0.355 e. The van der Waals surface area contributed by atoms with Crippen LogP contribution >= 0.6 is 11.8 Å². The summed E-state index contributed by atoms with van der Waals surface area (Å²) in [6.45, 7) is 4.21. The molecular formula is C34H37F2N3O4S. The molecule has 4 aliphatic rings. The number of allylic oxidation sites excluding steroid dienone is 1. The van der Waals surface area contributed by atoms with Crippen LogP contribution in [0.3, 0.4) is 0 Å². The van der Waals surface area contributed by atoms with Gasteiger partial charge < -0.3 is 14.4 Å². The van der Waals surface area contributed by atoms with Crippen molar-refractivity contribution in [1.82, 2.24) is 14.3 Å². The van der Waals surface area contributed by atoms with Crippen molar-refractivity contribution in [3.63, 3.8) is 0 Å². The Balaban J connectivity index is 1.23. The molecule has 3 aromatic rings. The molecule has 10 heteroatoms. The van der Waals surface area contributed by atoms with E-state index in [9.17, 15) is 23.5 Å². The molecule has 7 rings (SSSR count). The fourth-order valence-corrected chi connectivity index (χ4v) is 10.3. The van der Waals surface area contributed by atoms with Gasteiger partial charge in [-0.25, -0.2) is 18.3 Å². The second kappa shape index (κ2) is 10.4. The minimum atomic E-state index is -1.53. The van der Waals surface area contributed by atoms with E-state index in [-0.39, 0.29) is 35.4 Å². The van der Waals surface area contributed by atoms with Crippen LogP contribution in [0.5, 0.6) is 0 Å². The van der Waals surface area contributed by atoms with E-state index in [2.05, 4.69) is 18.1 Å². The van der Waals surface area contributed by atoms with Gasteiger partial charge in [-0.1, -0.05) is 19.4 Å². The number of hydrogen-bond acceptors (Lipinski definition) is 6. The molecule has 2 heterocycles. The number of halogens is 2. The standard InChI is InChI=1S/C34H37F2N3O4S/c1-32-16-20-18-37-39(23-9-7-22(36)8-10-23)27(20)15-21(32)6-11-24-25-12-13-34(31(42)44-19-35,33(25,2)17-28(40)29(24)32)43-30(41)26-5-4-14-38(26)3/h4-5,7-10,14-15,18,24-25,28-29,40H,6,11-13,16-17,19H2,1-3H3/t24-,25-,28-,29+,32-,33-,34-/m0/s1. The van der Waals surface area contributed by atoms with Crippen LogP contribution in [0, 0.1) is 34.4 Å². The third kappa shape index (κ3) is 4.12. The fraction of sp³-hybridized carbons (Fsp3) is 0.500. The maximum atomic E-state index is 13.8. The molecular weight excluding hydrogens is 584 g/mol. The van der Waals surface area contributed by atoms with Crippen LogP contribution in [0.15, 0.2) is 54.4 Å². The molecule has 232 valence electrons. The normalized spacial score (nSPS) is 33.9. The predicted molar refractivity (Wildman–Crippen MR) is 163 cm³/mol. The number of aromatic nitrogens is 3. The minimum Gasteiger partial charge on any atom is -0.445 e. The van der Waals surface area contributed by atoms with Crippen LogP contribution < -0.4 is 0 Å². The van der Waals surface area contributed by atoms with E-state index in [0.717, 1.165) is 29.8 Å². The highest BCUT2D eigenvalue weighted by Crippen LogP contribution is 2.69. The largest absolute Gasteiger partial charge is 0.445 e. The highest BCUT2D eigenvalue weighted by atomic mass is 32.2. The van der Waals surface area contributed by atoms with Gasteiger partial charge in [0.25, 0.3) is 0 Å². The average Bonchev–Trinajstić information content (AvgIpc) is 3.67. The predicted octanol–water partition coefficient (Wildman–Crippen LogP) is 6.29. The van der Waals surface area contributed by atoms with E-state index in [0.29, 0.717) is 36.7 Å². The Morgan fingerprint density at radius 3 is 2.66 bits per heavy atom. The van der Waals surface area contributed by atoms with Crippen molar-refractivity contribution >= 4 is 28.9 Å². The summed E-state index contributed by atoms with van der Waals surface area (Å²) in [7, 11) is 1.74. The number of nitrogens with zero attached hydrogens (tertiary/aromatic N) is 3. The Morgan fingerprint density at radius 2 is 1.95 bits per heavy atom. The van der Waals surface area contributed by atoms with Crippen molar-refractivity contribution in [1.29, 1.82) is 0 Å². The Bertz CT molecular complexity index is 1670. The van der Waals surface area contributed by atoms with E-state index in [1.165, 1.54) is 17.7 Å². The lowest BCUT2D eigenvalue weighted by Crippen LogP contribution is -2.62. The number of esters is 1. The summed E-state index contributed by atoms with van der Waals surface area (Å²) in [4.78, 5) is 27.2. The molecule has 0 bridgehead atoms. The Labute approximate surface area is 259 Å². The topological polar surface area (TPSA) is 86.4 Å². The number of carbonyl (C=O) groups is 2. The van der Waals surface area contributed by atoms with E-state index in [1.807, 2.05) is 17.8 Å². The zero-order valence-electron chi connectivity index (χ0n) is 25.1. The molecule has 0 saturated heterocycles. The average molecular weight is 622 g/mol. The molecule has 3 saturated carbocycles. The number of benzene rings is 1. The number of rotatable bonds is 5. The number of aryl methyl sites for hydroxylation is 1. The number of alkyl halides is 1. The summed E-state index contributed by atoms with van der Waals surface area (Å²) in [5.41, 5.74) is 1.73. The molecule has 7 nitrogen and oxygen atoms in total. The zero-order chi connectivity index (χ0) is 31.0. The van der Waals surface area contributed by atoms with Crippen molar-refractivity contribution in [3.05, 3.63) is 77.1 Å². The van der Waals surface area contributed by atoms with Crippen LogP contribution in [0.1, 0.15) is 67.7 Å². The highest BCUT2D eigenvalue weighted by molar-refractivity contribution is 8.13. The van der Waals surface area contributed by atoms with E-state index in [4.69, 9.17) is 4.74 Å². The first-order chi connectivity index (χ1) is 21.0. The summed E-state index contributed by atoms with van der Waals surface area (Å²) >= 11 is 0.556. The van der Waals surface area contributed by atoms with Gasteiger partial charge in [0.05, 0.1) is 23.7 Å². The van der Waals surface area contributed by atoms with Gasteiger partial charge in [0.15, 0.2) is 5.60 Å². The van der Waals surface area contributed by atoms with Crippen molar-refractivity contribution in [2.75, 3.05) is 6.01 Å². The second-order valence-electron chi connectivity index (χ2n) is 13.5. The van der Waals surface area contributed by atoms with Gasteiger partial charge >= 0.3 is 5.97 Å². The molecule has 0 aliphatic heterocycles. The quantitative estimate of drug-likeness (QED) is 0.338. The van der Waals surface area contributed by atoms with Crippen molar-refractivity contribution in [2.24, 2.45) is 35.6 Å². The number of aliphatic hydroxyl groups excluding tert-OH is 1. The highest BCUT2D eigenvalue weighted by Gasteiger charge is 2.70. The summed E-state index contributed by atoms with van der Waals surface area (Å²) in [6.07, 6.45) is 8.67. The van der Waals surface area contributed by atoms with Gasteiger partial charge in [-0.2, -0.15) is 5.10 Å². The van der Waals surface area contributed by atoms with Gasteiger partial charge in [0.1, 0.15) is 17.5 Å². The second-order valence-corrected chi connectivity index (χ2v) is 14.4. The lowest BCUT2D eigenvalue weighted by atomic mass is 9.45. The molecule has 7 atom stereocenters. The fourth-order valence-electron chi connectivity index (χ4n) is 9.56. The summed E-state index contributed by atoms with van der Waals surface area (Å²) in [5, 5.41) is 16.2. The first-order valence-electron chi connectivity index (χ1n) is 15.3. The summed E-state index contributed by atoms with van der Waals surface area (Å²) < 4.78 is 37.0. The number of fused-ring (bicyclic) bond motifs is 6. The zero-order valence-corrected chi connectivity index (χ0v) is 25.9. The Hall–Kier alpha value is -3.24. The van der Waals surface area contributed by atoms with Crippen LogP contribution in [-0.4, -0.2) is 48.3 Å².